The molecule has 0 aliphatic rings. The molecule has 8 nitrogen and oxygen atoms in total. The second-order valence-corrected chi connectivity index (χ2v) is 7.72. The van der Waals surface area contributed by atoms with Crippen LogP contribution in [0.4, 0.5) is 13.2 Å². The van der Waals surface area contributed by atoms with Crippen molar-refractivity contribution >= 4 is 5.91 Å². The van der Waals surface area contributed by atoms with E-state index in [1.165, 1.54) is 23.7 Å². The first-order chi connectivity index (χ1) is 16.0. The highest BCUT2D eigenvalue weighted by molar-refractivity contribution is 5.95. The van der Waals surface area contributed by atoms with Gasteiger partial charge >= 0.3 is 6.18 Å². The second-order valence-electron chi connectivity index (χ2n) is 7.72. The molecular formula is C23H25F3N4O4. The van der Waals surface area contributed by atoms with Gasteiger partial charge in [-0.1, -0.05) is 6.07 Å². The summed E-state index contributed by atoms with van der Waals surface area (Å²) in [5.74, 6) is -0.245. The Labute approximate surface area is 193 Å². The summed E-state index contributed by atoms with van der Waals surface area (Å²) in [5, 5.41) is 22.8. The van der Waals surface area contributed by atoms with Crippen LogP contribution >= 0.6 is 0 Å². The van der Waals surface area contributed by atoms with Gasteiger partial charge in [0.25, 0.3) is 5.91 Å². The smallest absolute Gasteiger partial charge is 0.434 e. The SMILES string of the molecule is Cn1cc(C(F)(F)F)nc1-c1ccc(OCC(O)CNCCc2ccc(O)c(C(N)=O)c2)cc1. The molecular weight excluding hydrogens is 453 g/mol. The monoisotopic (exact) mass is 478 g/mol. The maximum atomic E-state index is 12.8. The average molecular weight is 478 g/mol. The Morgan fingerprint density at radius 3 is 2.56 bits per heavy atom. The number of alkyl halides is 3. The number of aromatic nitrogens is 2. The van der Waals surface area contributed by atoms with Gasteiger partial charge in [0, 0.05) is 25.4 Å². The zero-order chi connectivity index (χ0) is 24.9. The number of nitrogens with zero attached hydrogens (tertiary/aromatic N) is 2. The highest BCUT2D eigenvalue weighted by Gasteiger charge is 2.34. The Bertz CT molecular complexity index is 1130. The summed E-state index contributed by atoms with van der Waals surface area (Å²) in [6.07, 6.45) is -3.83. The van der Waals surface area contributed by atoms with Crippen LogP contribution in [-0.4, -0.2) is 51.5 Å². The van der Waals surface area contributed by atoms with Gasteiger partial charge in [0.05, 0.1) is 5.56 Å². The number of halogens is 3. The molecule has 0 radical (unpaired) electrons. The number of rotatable bonds is 10. The number of nitrogens with two attached hydrogens (primary N) is 1. The fourth-order valence-corrected chi connectivity index (χ4v) is 3.26. The second kappa shape index (κ2) is 10.6. The Hall–Kier alpha value is -3.57. The van der Waals surface area contributed by atoms with Crippen molar-refractivity contribution in [2.24, 2.45) is 12.8 Å². The molecule has 1 aromatic heterocycles. The minimum absolute atomic E-state index is 0.0119. The number of ether oxygens (including phenoxy) is 1. The first-order valence-corrected chi connectivity index (χ1v) is 10.4. The maximum absolute atomic E-state index is 12.8. The van der Waals surface area contributed by atoms with E-state index in [9.17, 15) is 28.2 Å². The van der Waals surface area contributed by atoms with E-state index in [4.69, 9.17) is 10.5 Å². The summed E-state index contributed by atoms with van der Waals surface area (Å²) in [4.78, 5) is 14.9. The standard InChI is InChI=1S/C23H25F3N4O4/c1-30-12-20(23(24,25)26)29-22(30)15-3-5-17(6-4-15)34-13-16(31)11-28-9-8-14-2-7-19(32)18(10-14)21(27)33/h2-7,10,12,16,28,31-32H,8-9,11,13H2,1H3,(H2,27,33). The maximum Gasteiger partial charge on any atom is 0.434 e. The lowest BCUT2D eigenvalue weighted by Crippen LogP contribution is -2.32. The van der Waals surface area contributed by atoms with Crippen molar-refractivity contribution in [3.05, 3.63) is 65.5 Å². The first-order valence-electron chi connectivity index (χ1n) is 10.4. The predicted octanol–water partition coefficient (Wildman–Crippen LogP) is 2.48. The summed E-state index contributed by atoms with van der Waals surface area (Å²) in [6.45, 7) is 0.780. The zero-order valence-electron chi connectivity index (χ0n) is 18.3. The number of hydrogen-bond acceptors (Lipinski definition) is 6. The Morgan fingerprint density at radius 1 is 1.24 bits per heavy atom. The molecule has 182 valence electrons. The molecule has 0 saturated carbocycles. The van der Waals surface area contributed by atoms with Crippen LogP contribution in [0.25, 0.3) is 11.4 Å². The lowest BCUT2D eigenvalue weighted by Gasteiger charge is -2.14. The highest BCUT2D eigenvalue weighted by Crippen LogP contribution is 2.31. The fourth-order valence-electron chi connectivity index (χ4n) is 3.26. The third-order valence-corrected chi connectivity index (χ3v) is 5.02. The average Bonchev–Trinajstić information content (AvgIpc) is 3.18. The zero-order valence-corrected chi connectivity index (χ0v) is 18.3. The van der Waals surface area contributed by atoms with Gasteiger partial charge in [-0.05, 0) is 54.9 Å². The number of nitrogens with one attached hydrogen (secondary N) is 1. The van der Waals surface area contributed by atoms with Gasteiger partial charge in [0.2, 0.25) is 0 Å². The van der Waals surface area contributed by atoms with Gasteiger partial charge in [-0.2, -0.15) is 13.2 Å². The predicted molar refractivity (Wildman–Crippen MR) is 118 cm³/mol. The molecule has 0 bridgehead atoms. The minimum Gasteiger partial charge on any atom is -0.507 e. The molecule has 0 spiro atoms. The van der Waals surface area contributed by atoms with E-state index in [1.54, 1.807) is 30.3 Å². The van der Waals surface area contributed by atoms with E-state index >= 15 is 0 Å². The number of phenols is 1. The van der Waals surface area contributed by atoms with Gasteiger partial charge in [-0.3, -0.25) is 4.79 Å². The molecule has 3 aromatic rings. The molecule has 1 amide bonds. The number of aliphatic hydroxyl groups is 1. The summed E-state index contributed by atoms with van der Waals surface area (Å²) in [5.41, 5.74) is 5.62. The number of primary amides is 1. The van der Waals surface area contributed by atoms with Crippen LogP contribution in [0.2, 0.25) is 0 Å². The number of carbonyl (C=O) groups is 1. The summed E-state index contributed by atoms with van der Waals surface area (Å²) in [7, 11) is 1.49. The van der Waals surface area contributed by atoms with Gasteiger partial charge in [-0.25, -0.2) is 4.98 Å². The van der Waals surface area contributed by atoms with Crippen LogP contribution in [0.3, 0.4) is 0 Å². The molecule has 3 rings (SSSR count). The van der Waals surface area contributed by atoms with Crippen LogP contribution in [-0.2, 0) is 19.6 Å². The number of amides is 1. The Kier molecular flexibility index (Phi) is 7.79. The molecule has 0 aliphatic carbocycles. The molecule has 1 atom stereocenters. The normalized spacial score (nSPS) is 12.5. The molecule has 0 fully saturated rings. The largest absolute Gasteiger partial charge is 0.507 e. The minimum atomic E-state index is -4.51. The molecule has 0 aliphatic heterocycles. The van der Waals surface area contributed by atoms with E-state index in [-0.39, 0.29) is 30.3 Å². The molecule has 1 unspecified atom stereocenters. The molecule has 0 saturated heterocycles. The number of hydrogen-bond donors (Lipinski definition) is 4. The van der Waals surface area contributed by atoms with Crippen LogP contribution in [0.5, 0.6) is 11.5 Å². The van der Waals surface area contributed by atoms with Crippen molar-refractivity contribution in [1.29, 1.82) is 0 Å². The summed E-state index contributed by atoms with van der Waals surface area (Å²) in [6, 6.07) is 11.0. The Balaban J connectivity index is 1.44. The molecule has 2 aromatic carbocycles. The van der Waals surface area contributed by atoms with Crippen molar-refractivity contribution in [1.82, 2.24) is 14.9 Å². The van der Waals surface area contributed by atoms with Crippen molar-refractivity contribution in [2.45, 2.75) is 18.7 Å². The van der Waals surface area contributed by atoms with Crippen molar-refractivity contribution < 1.29 is 32.9 Å². The Morgan fingerprint density at radius 2 is 1.94 bits per heavy atom. The van der Waals surface area contributed by atoms with E-state index in [1.807, 2.05) is 0 Å². The van der Waals surface area contributed by atoms with Crippen LogP contribution in [0, 0.1) is 0 Å². The fraction of sp³-hybridized carbons (Fsp3) is 0.304. The molecule has 34 heavy (non-hydrogen) atoms. The van der Waals surface area contributed by atoms with Crippen molar-refractivity contribution in [3.8, 4) is 22.9 Å². The van der Waals surface area contributed by atoms with E-state index in [0.29, 0.717) is 24.3 Å². The third-order valence-electron chi connectivity index (χ3n) is 5.02. The van der Waals surface area contributed by atoms with E-state index in [2.05, 4.69) is 10.3 Å². The van der Waals surface area contributed by atoms with Crippen LogP contribution in [0.1, 0.15) is 21.6 Å². The number of aryl methyl sites for hydroxylation is 1. The van der Waals surface area contributed by atoms with Gasteiger partial charge in [-0.15, -0.1) is 0 Å². The number of imidazole rings is 1. The van der Waals surface area contributed by atoms with E-state index in [0.717, 1.165) is 11.8 Å². The summed E-state index contributed by atoms with van der Waals surface area (Å²) >= 11 is 0. The van der Waals surface area contributed by atoms with Crippen LogP contribution < -0.4 is 15.8 Å². The lowest BCUT2D eigenvalue weighted by atomic mass is 10.1. The summed E-state index contributed by atoms with van der Waals surface area (Å²) < 4.78 is 45.4. The first kappa shape index (κ1) is 25.1. The molecule has 11 heteroatoms. The number of benzene rings is 2. The van der Waals surface area contributed by atoms with Crippen LogP contribution in [0.15, 0.2) is 48.7 Å². The topological polar surface area (TPSA) is 123 Å². The molecule has 1 heterocycles. The van der Waals surface area contributed by atoms with Gasteiger partial charge in [0.1, 0.15) is 30.0 Å². The van der Waals surface area contributed by atoms with Crippen molar-refractivity contribution in [3.63, 3.8) is 0 Å². The molecule has 5 N–H and O–H groups in total. The van der Waals surface area contributed by atoms with Gasteiger partial charge < -0.3 is 30.6 Å². The third kappa shape index (κ3) is 6.49. The van der Waals surface area contributed by atoms with E-state index < -0.39 is 23.9 Å². The quantitative estimate of drug-likeness (QED) is 0.332. The lowest BCUT2D eigenvalue weighted by molar-refractivity contribution is -0.140. The number of aromatic hydroxyl groups is 1. The van der Waals surface area contributed by atoms with Gasteiger partial charge in [0.15, 0.2) is 5.69 Å². The number of carbonyl (C=O) groups excluding carboxylic acids is 1. The highest BCUT2D eigenvalue weighted by atomic mass is 19.4. The van der Waals surface area contributed by atoms with Crippen molar-refractivity contribution in [2.75, 3.05) is 19.7 Å². The number of aliphatic hydroxyl groups excluding tert-OH is 1.